The maximum Gasteiger partial charge on any atom is 0.305 e. The summed E-state index contributed by atoms with van der Waals surface area (Å²) in [4.78, 5) is 40.2. The Morgan fingerprint density at radius 2 is 1.92 bits per heavy atom. The lowest BCUT2D eigenvalue weighted by molar-refractivity contribution is -0.125. The number of aromatic amines is 1. The van der Waals surface area contributed by atoms with Gasteiger partial charge in [0.15, 0.2) is 0 Å². The van der Waals surface area contributed by atoms with Crippen molar-refractivity contribution in [2.75, 3.05) is 0 Å². The Morgan fingerprint density at radius 1 is 1.12 bits per heavy atom. The van der Waals surface area contributed by atoms with E-state index in [4.69, 9.17) is 0 Å². The first-order valence-corrected chi connectivity index (χ1v) is 9.52. The van der Waals surface area contributed by atoms with Crippen molar-refractivity contribution in [2.24, 2.45) is 13.0 Å². The minimum atomic E-state index is -0.505. The Bertz CT molecular complexity index is 1110. The van der Waals surface area contributed by atoms with E-state index in [1.165, 1.54) is 11.8 Å². The van der Waals surface area contributed by atoms with E-state index < -0.39 is 11.2 Å². The quantitative estimate of drug-likeness (QED) is 0.639. The van der Waals surface area contributed by atoms with Gasteiger partial charge in [0.05, 0.1) is 10.9 Å². The average Bonchev–Trinajstić information content (AvgIpc) is 3.21. The molecule has 0 unspecified atom stereocenters. The number of aromatic nitrogens is 2. The molecule has 1 fully saturated rings. The van der Waals surface area contributed by atoms with Crippen molar-refractivity contribution in [1.82, 2.24) is 14.9 Å². The van der Waals surface area contributed by atoms with Crippen LogP contribution in [0.3, 0.4) is 0 Å². The monoisotopic (exact) mass is 371 g/mol. The third kappa shape index (κ3) is 2.01. The fourth-order valence-electron chi connectivity index (χ4n) is 3.89. The Labute approximate surface area is 150 Å². The standard InChI is InChI=1S/C17H13N3O3S2/c1-20-6-8(7-4-2-3-5-9(7)20)10-11-12(15(22)18-14(11)21)24-16-13(10)25-17(23)19-16/h2-6,10-12H,1H3,(H,19,23)(H,18,21,22)/t10-,11-,12-/m0/s1. The molecule has 25 heavy (non-hydrogen) atoms. The first kappa shape index (κ1) is 15.0. The maximum absolute atomic E-state index is 12.5. The summed E-state index contributed by atoms with van der Waals surface area (Å²) >= 11 is 2.42. The third-order valence-corrected chi connectivity index (χ3v) is 7.34. The Morgan fingerprint density at radius 3 is 2.76 bits per heavy atom. The molecule has 6 nitrogen and oxygen atoms in total. The van der Waals surface area contributed by atoms with Gasteiger partial charge in [0.25, 0.3) is 0 Å². The number of para-hydroxylation sites is 1. The van der Waals surface area contributed by atoms with Crippen LogP contribution >= 0.6 is 23.1 Å². The van der Waals surface area contributed by atoms with Crippen LogP contribution in [-0.2, 0) is 16.6 Å². The second-order valence-corrected chi connectivity index (χ2v) is 8.48. The summed E-state index contributed by atoms with van der Waals surface area (Å²) in [5.74, 6) is -1.33. The minimum Gasteiger partial charge on any atom is -0.350 e. The van der Waals surface area contributed by atoms with E-state index in [9.17, 15) is 14.4 Å². The fourth-order valence-corrected chi connectivity index (χ4v) is 6.37. The van der Waals surface area contributed by atoms with E-state index in [-0.39, 0.29) is 22.6 Å². The number of carbonyl (C=O) groups excluding carboxylic acids is 2. The van der Waals surface area contributed by atoms with Crippen LogP contribution in [0.25, 0.3) is 10.9 Å². The number of rotatable bonds is 1. The van der Waals surface area contributed by atoms with Gasteiger partial charge in [-0.2, -0.15) is 0 Å². The molecule has 2 amide bonds. The van der Waals surface area contributed by atoms with Crippen LogP contribution < -0.4 is 10.2 Å². The topological polar surface area (TPSA) is 84.0 Å². The number of thioether (sulfide) groups is 1. The van der Waals surface area contributed by atoms with Gasteiger partial charge in [0, 0.05) is 34.9 Å². The molecule has 0 bridgehead atoms. The maximum atomic E-state index is 12.5. The molecule has 0 radical (unpaired) electrons. The predicted octanol–water partition coefficient (Wildman–Crippen LogP) is 1.81. The van der Waals surface area contributed by atoms with Crippen molar-refractivity contribution in [2.45, 2.75) is 16.2 Å². The van der Waals surface area contributed by atoms with E-state index in [2.05, 4.69) is 10.3 Å². The van der Waals surface area contributed by atoms with Crippen LogP contribution in [0.5, 0.6) is 0 Å². The van der Waals surface area contributed by atoms with Crippen molar-refractivity contribution < 1.29 is 9.59 Å². The highest BCUT2D eigenvalue weighted by Gasteiger charge is 2.52. The highest BCUT2D eigenvalue weighted by Crippen LogP contribution is 2.52. The first-order chi connectivity index (χ1) is 12.0. The highest BCUT2D eigenvalue weighted by atomic mass is 32.2. The molecule has 8 heteroatoms. The van der Waals surface area contributed by atoms with Crippen molar-refractivity contribution in [3.63, 3.8) is 0 Å². The fraction of sp³-hybridized carbons (Fsp3) is 0.235. The van der Waals surface area contributed by atoms with Gasteiger partial charge in [-0.1, -0.05) is 41.3 Å². The highest BCUT2D eigenvalue weighted by molar-refractivity contribution is 8.00. The van der Waals surface area contributed by atoms with Crippen molar-refractivity contribution in [3.05, 3.63) is 50.6 Å². The zero-order chi connectivity index (χ0) is 17.3. The molecule has 2 aromatic heterocycles. The van der Waals surface area contributed by atoms with Gasteiger partial charge >= 0.3 is 4.87 Å². The lowest BCUT2D eigenvalue weighted by Crippen LogP contribution is -2.31. The molecule has 4 heterocycles. The lowest BCUT2D eigenvalue weighted by Gasteiger charge is -2.29. The van der Waals surface area contributed by atoms with Gasteiger partial charge in [-0.3, -0.25) is 19.7 Å². The molecule has 0 aliphatic carbocycles. The van der Waals surface area contributed by atoms with E-state index in [0.717, 1.165) is 32.7 Å². The molecule has 126 valence electrons. The number of fused-ring (bicyclic) bond motifs is 3. The Kier molecular flexibility index (Phi) is 3.05. The number of amides is 2. The smallest absolute Gasteiger partial charge is 0.305 e. The zero-order valence-corrected chi connectivity index (χ0v) is 14.7. The zero-order valence-electron chi connectivity index (χ0n) is 13.1. The van der Waals surface area contributed by atoms with Crippen molar-refractivity contribution >= 4 is 45.8 Å². The molecule has 5 rings (SSSR count). The Hall–Kier alpha value is -2.32. The van der Waals surface area contributed by atoms with Gasteiger partial charge in [0.1, 0.15) is 5.25 Å². The number of aryl methyl sites for hydroxylation is 1. The van der Waals surface area contributed by atoms with E-state index in [1.54, 1.807) is 0 Å². The average molecular weight is 371 g/mol. The second-order valence-electron chi connectivity index (χ2n) is 6.32. The van der Waals surface area contributed by atoms with E-state index >= 15 is 0 Å². The SMILES string of the molecule is Cn1cc([C@@H]2c3sc(=O)[nH]c3S[C@@H]3C(=O)NC(=O)[C@@H]23)c2ccccc21. The molecule has 1 saturated heterocycles. The van der Waals surface area contributed by atoms with Crippen molar-refractivity contribution in [1.29, 1.82) is 0 Å². The van der Waals surface area contributed by atoms with Gasteiger partial charge in [-0.05, 0) is 11.6 Å². The van der Waals surface area contributed by atoms with Crippen LogP contribution in [0.15, 0.2) is 40.3 Å². The molecule has 2 aliphatic heterocycles. The summed E-state index contributed by atoms with van der Waals surface area (Å²) in [6.45, 7) is 0. The van der Waals surface area contributed by atoms with Crippen molar-refractivity contribution in [3.8, 4) is 0 Å². The number of imide groups is 1. The van der Waals surface area contributed by atoms with Gasteiger partial charge in [0.2, 0.25) is 11.8 Å². The van der Waals surface area contributed by atoms with Crippen LogP contribution in [0.2, 0.25) is 0 Å². The summed E-state index contributed by atoms with van der Waals surface area (Å²) in [5.41, 5.74) is 2.04. The number of benzene rings is 1. The summed E-state index contributed by atoms with van der Waals surface area (Å²) < 4.78 is 2.02. The number of hydrogen-bond acceptors (Lipinski definition) is 5. The number of carbonyl (C=O) groups is 2. The largest absolute Gasteiger partial charge is 0.350 e. The molecular weight excluding hydrogens is 358 g/mol. The minimum absolute atomic E-state index is 0.157. The number of nitrogens with one attached hydrogen (secondary N) is 2. The summed E-state index contributed by atoms with van der Waals surface area (Å²) in [6, 6.07) is 7.97. The molecule has 1 aromatic carbocycles. The molecular formula is C17H13N3O3S2. The van der Waals surface area contributed by atoms with Gasteiger partial charge < -0.3 is 9.55 Å². The molecule has 3 aromatic rings. The van der Waals surface area contributed by atoms with Gasteiger partial charge in [-0.25, -0.2) is 0 Å². The number of H-pyrrole nitrogens is 1. The molecule has 2 N–H and O–H groups in total. The first-order valence-electron chi connectivity index (χ1n) is 7.83. The van der Waals surface area contributed by atoms with Crippen LogP contribution in [-0.4, -0.2) is 26.6 Å². The predicted molar refractivity (Wildman–Crippen MR) is 96.0 cm³/mol. The van der Waals surface area contributed by atoms with Gasteiger partial charge in [-0.15, -0.1) is 0 Å². The Balaban J connectivity index is 1.81. The third-order valence-electron chi connectivity index (χ3n) is 4.93. The summed E-state index contributed by atoms with van der Waals surface area (Å²) in [5, 5.41) is 3.70. The number of nitrogens with zero attached hydrogens (tertiary/aromatic N) is 1. The number of thiazole rings is 1. The summed E-state index contributed by atoms with van der Waals surface area (Å²) in [6.07, 6.45) is 2.01. The molecule has 2 aliphatic rings. The molecule has 3 atom stereocenters. The second kappa shape index (κ2) is 5.09. The lowest BCUT2D eigenvalue weighted by atomic mass is 9.83. The van der Waals surface area contributed by atoms with Crippen LogP contribution in [0.4, 0.5) is 0 Å². The molecule has 0 spiro atoms. The normalized spacial score (nSPS) is 25.1. The van der Waals surface area contributed by atoms with Crippen LogP contribution in [0, 0.1) is 5.92 Å². The van der Waals surface area contributed by atoms with E-state index in [0.29, 0.717) is 5.03 Å². The number of hydrogen-bond donors (Lipinski definition) is 2. The van der Waals surface area contributed by atoms with Crippen LogP contribution in [0.1, 0.15) is 16.4 Å². The summed E-state index contributed by atoms with van der Waals surface area (Å²) in [7, 11) is 1.96. The van der Waals surface area contributed by atoms with E-state index in [1.807, 2.05) is 42.1 Å². The molecule has 0 saturated carbocycles.